The molecule has 4 unspecified atom stereocenters. The molecule has 1 aromatic heterocycles. The number of methoxy groups -OCH3 is 1. The minimum Gasteiger partial charge on any atom is -0.623 e. The lowest BCUT2D eigenvalue weighted by atomic mass is 10.3. The molecule has 0 aliphatic carbocycles. The summed E-state index contributed by atoms with van der Waals surface area (Å²) in [5, 5.41) is 31.1. The van der Waals surface area contributed by atoms with Crippen LogP contribution in [0.1, 0.15) is 13.3 Å². The summed E-state index contributed by atoms with van der Waals surface area (Å²) in [6.07, 6.45) is -0.435. The van der Waals surface area contributed by atoms with Crippen LogP contribution in [0.3, 0.4) is 0 Å². The maximum absolute atomic E-state index is 12.9. The van der Waals surface area contributed by atoms with Gasteiger partial charge < -0.3 is 15.1 Å². The second-order valence-corrected chi connectivity index (χ2v) is 7.73. The molecule has 0 bridgehead atoms. The van der Waals surface area contributed by atoms with Crippen molar-refractivity contribution in [2.24, 2.45) is 0 Å². The van der Waals surface area contributed by atoms with E-state index in [4.69, 9.17) is 4.74 Å². The van der Waals surface area contributed by atoms with Gasteiger partial charge in [0.1, 0.15) is 12.7 Å². The van der Waals surface area contributed by atoms with Gasteiger partial charge in [-0.3, -0.25) is 8.86 Å². The van der Waals surface area contributed by atoms with Crippen LogP contribution in [0.5, 0.6) is 0 Å². The topological polar surface area (TPSA) is 98.6 Å². The first-order valence-electron chi connectivity index (χ1n) is 6.62. The summed E-state index contributed by atoms with van der Waals surface area (Å²) in [6.45, 7) is 2.24. The van der Waals surface area contributed by atoms with Gasteiger partial charge in [0.2, 0.25) is 10.6 Å². The standard InChI is InChI=1S/C11H20N4O4S2/c1-4-5-21(18)11-13-12-10(20-11)15(17)7-14(2)8(6-19-3)9(15)16/h8-9,16H,4-7H2,1-3H3. The van der Waals surface area contributed by atoms with Gasteiger partial charge in [-0.2, -0.15) is 0 Å². The van der Waals surface area contributed by atoms with Crippen molar-refractivity contribution >= 4 is 27.3 Å². The van der Waals surface area contributed by atoms with E-state index in [2.05, 4.69) is 10.2 Å². The van der Waals surface area contributed by atoms with Crippen molar-refractivity contribution in [2.45, 2.75) is 30.0 Å². The van der Waals surface area contributed by atoms with E-state index in [1.807, 2.05) is 6.92 Å². The average Bonchev–Trinajstić information content (AvgIpc) is 3.00. The molecule has 120 valence electrons. The van der Waals surface area contributed by atoms with Crippen molar-refractivity contribution in [3.8, 4) is 0 Å². The minimum absolute atomic E-state index is 0.0598. The van der Waals surface area contributed by atoms with E-state index in [9.17, 15) is 14.5 Å². The fourth-order valence-electron chi connectivity index (χ4n) is 2.30. The molecule has 0 spiro atoms. The van der Waals surface area contributed by atoms with Crippen molar-refractivity contribution in [1.29, 1.82) is 0 Å². The molecule has 1 aromatic rings. The lowest BCUT2D eigenvalue weighted by Gasteiger charge is -2.37. The number of aromatic nitrogens is 2. The van der Waals surface area contributed by atoms with Gasteiger partial charge in [0.15, 0.2) is 0 Å². The third-order valence-electron chi connectivity index (χ3n) is 3.41. The largest absolute Gasteiger partial charge is 0.623 e. The summed E-state index contributed by atoms with van der Waals surface area (Å²) in [6, 6.07) is -0.402. The van der Waals surface area contributed by atoms with Gasteiger partial charge in [-0.1, -0.05) is 12.0 Å². The summed E-state index contributed by atoms with van der Waals surface area (Å²) in [5.74, 6) is 0.488. The average molecular weight is 336 g/mol. The molecule has 21 heavy (non-hydrogen) atoms. The summed E-state index contributed by atoms with van der Waals surface area (Å²) >= 11 is 1.01. The Hall–Kier alpha value is -0.490. The molecule has 1 fully saturated rings. The molecule has 1 aliphatic rings. The highest BCUT2D eigenvalue weighted by Gasteiger charge is 2.49. The summed E-state index contributed by atoms with van der Waals surface area (Å²) < 4.78 is 16.3. The smallest absolute Gasteiger partial charge is 0.310 e. The molecule has 0 saturated carbocycles. The van der Waals surface area contributed by atoms with E-state index in [0.29, 0.717) is 10.1 Å². The molecule has 8 nitrogen and oxygen atoms in total. The number of aliphatic hydroxyl groups excluding tert-OH is 1. The molecule has 4 atom stereocenters. The number of hydrogen-bond acceptors (Lipinski definition) is 8. The van der Waals surface area contributed by atoms with Crippen LogP contribution in [-0.4, -0.2) is 69.9 Å². The molecule has 0 radical (unpaired) electrons. The van der Waals surface area contributed by atoms with Crippen molar-refractivity contribution in [2.75, 3.05) is 33.2 Å². The number of quaternary nitrogens is 1. The predicted molar refractivity (Wildman–Crippen MR) is 80.9 cm³/mol. The van der Waals surface area contributed by atoms with Crippen LogP contribution in [0.2, 0.25) is 0 Å². The number of hydroxylamine groups is 2. The summed E-state index contributed by atoms with van der Waals surface area (Å²) in [7, 11) is 2.04. The van der Waals surface area contributed by atoms with Crippen molar-refractivity contribution in [3.05, 3.63) is 5.21 Å². The number of aliphatic hydroxyl groups is 1. The number of hydrogen-bond donors (Lipinski definition) is 1. The van der Waals surface area contributed by atoms with E-state index in [1.165, 1.54) is 7.11 Å². The van der Waals surface area contributed by atoms with E-state index < -0.39 is 27.7 Å². The lowest BCUT2D eigenvalue weighted by Crippen LogP contribution is -2.51. The Morgan fingerprint density at radius 1 is 1.62 bits per heavy atom. The van der Waals surface area contributed by atoms with Gasteiger partial charge in [0.25, 0.3) is 0 Å². The Morgan fingerprint density at radius 2 is 2.33 bits per heavy atom. The molecule has 2 heterocycles. The van der Waals surface area contributed by atoms with Gasteiger partial charge in [0, 0.05) is 12.9 Å². The molecule has 0 amide bonds. The zero-order valence-electron chi connectivity index (χ0n) is 12.3. The normalized spacial score (nSPS) is 31.7. The zero-order valence-corrected chi connectivity index (χ0v) is 13.9. The van der Waals surface area contributed by atoms with Crippen LogP contribution < -0.4 is 4.65 Å². The van der Waals surface area contributed by atoms with Crippen LogP contribution in [0.4, 0.5) is 5.13 Å². The third kappa shape index (κ3) is 3.16. The number of rotatable bonds is 6. The number of likely N-dealkylation sites (N-methyl/N-ethyl adjacent to an activating group) is 1. The predicted octanol–water partition coefficient (Wildman–Crippen LogP) is 0.0971. The monoisotopic (exact) mass is 336 g/mol. The van der Waals surface area contributed by atoms with Crippen LogP contribution in [-0.2, 0) is 15.5 Å². The molecule has 2 rings (SSSR count). The van der Waals surface area contributed by atoms with Gasteiger partial charge in [-0.15, -0.1) is 5.10 Å². The highest BCUT2D eigenvalue weighted by molar-refractivity contribution is 7.87. The fourth-order valence-corrected chi connectivity index (χ4v) is 4.47. The maximum atomic E-state index is 12.9. The van der Waals surface area contributed by atoms with Gasteiger partial charge in [-0.05, 0) is 24.8 Å². The third-order valence-corrected chi connectivity index (χ3v) is 6.30. The molecule has 10 heteroatoms. The van der Waals surface area contributed by atoms with Crippen LogP contribution in [0, 0.1) is 5.21 Å². The van der Waals surface area contributed by atoms with Crippen molar-refractivity contribution in [1.82, 2.24) is 19.7 Å². The zero-order chi connectivity index (χ0) is 15.6. The molecular formula is C11H20N4O4S2. The quantitative estimate of drug-likeness (QED) is 0.581. The van der Waals surface area contributed by atoms with Crippen molar-refractivity contribution in [3.63, 3.8) is 0 Å². The second-order valence-electron chi connectivity index (χ2n) is 5.03. The molecule has 1 aliphatic heterocycles. The van der Waals surface area contributed by atoms with Crippen LogP contribution in [0.25, 0.3) is 0 Å². The van der Waals surface area contributed by atoms with Crippen molar-refractivity contribution < 1.29 is 14.1 Å². The summed E-state index contributed by atoms with van der Waals surface area (Å²) in [4.78, 5) is 1.74. The Morgan fingerprint density at radius 3 is 2.95 bits per heavy atom. The Bertz CT molecular complexity index is 514. The summed E-state index contributed by atoms with van der Waals surface area (Å²) in [5.41, 5.74) is 0. The van der Waals surface area contributed by atoms with Gasteiger partial charge >= 0.3 is 5.13 Å². The first-order valence-corrected chi connectivity index (χ1v) is 8.76. The van der Waals surface area contributed by atoms with Gasteiger partial charge in [0.05, 0.1) is 17.4 Å². The first-order chi connectivity index (χ1) is 9.93. The Labute approximate surface area is 130 Å². The highest BCUT2D eigenvalue weighted by atomic mass is 32.2. The van der Waals surface area contributed by atoms with Gasteiger partial charge in [-0.25, -0.2) is 4.90 Å². The Balaban J connectivity index is 2.23. The van der Waals surface area contributed by atoms with E-state index in [1.54, 1.807) is 11.9 Å². The molecular weight excluding hydrogens is 316 g/mol. The number of ether oxygens (including phenoxy) is 1. The first kappa shape index (κ1) is 16.9. The van der Waals surface area contributed by atoms with E-state index in [0.717, 1.165) is 17.8 Å². The molecule has 1 saturated heterocycles. The SMILES string of the molecule is CCCS(=O)c1nnc([N+]2([O-])CN(C)C(COC)C2O)s1. The molecule has 1 N–H and O–H groups in total. The fraction of sp³-hybridized carbons (Fsp3) is 0.818. The second kappa shape index (κ2) is 6.73. The highest BCUT2D eigenvalue weighted by Crippen LogP contribution is 2.35. The van der Waals surface area contributed by atoms with Crippen LogP contribution >= 0.6 is 11.3 Å². The van der Waals surface area contributed by atoms with E-state index >= 15 is 0 Å². The minimum atomic E-state index is -1.24. The van der Waals surface area contributed by atoms with Crippen LogP contribution in [0.15, 0.2) is 4.34 Å². The lowest BCUT2D eigenvalue weighted by molar-refractivity contribution is 0.0228. The number of nitrogens with zero attached hydrogens (tertiary/aromatic N) is 4. The molecule has 0 aromatic carbocycles. The van der Waals surface area contributed by atoms with E-state index in [-0.39, 0.29) is 18.4 Å². The Kier molecular flexibility index (Phi) is 5.41. The maximum Gasteiger partial charge on any atom is 0.310 e.